The number of aryl methyl sites for hydroxylation is 2. The third-order valence-electron chi connectivity index (χ3n) is 9.02. The standard InChI is InChI=1S/C33H37N3O4S/c1-4-16-34-17-8-12-26-27(30(34)38)28-31(39)36(25(20-37)23-10-6-5-7-11-23)29-32(40)35(18-9-15-33(28,29)41-26)24-19-21(2)13-14-22(24)3/h5-15,19,25-29,37H,4,16-18,20H2,1-3H3/t25-,26+,27-,28+,29?,33+/m1/s1. The summed E-state index contributed by atoms with van der Waals surface area (Å²) in [5.74, 6) is -1.74. The molecule has 2 aromatic carbocycles. The van der Waals surface area contributed by atoms with E-state index >= 15 is 0 Å². The molecule has 7 nitrogen and oxygen atoms in total. The predicted octanol–water partition coefficient (Wildman–Crippen LogP) is 4.05. The Kier molecular flexibility index (Phi) is 7.32. The molecule has 0 bridgehead atoms. The zero-order valence-electron chi connectivity index (χ0n) is 23.8. The molecule has 0 saturated carbocycles. The van der Waals surface area contributed by atoms with Crippen LogP contribution in [-0.4, -0.2) is 74.9 Å². The van der Waals surface area contributed by atoms with Gasteiger partial charge in [-0.25, -0.2) is 0 Å². The fraction of sp³-hybridized carbons (Fsp3) is 0.424. The lowest BCUT2D eigenvalue weighted by atomic mass is 9.78. The van der Waals surface area contributed by atoms with Crippen LogP contribution in [0.3, 0.4) is 0 Å². The van der Waals surface area contributed by atoms with E-state index in [0.29, 0.717) is 19.6 Å². The Balaban J connectivity index is 1.52. The van der Waals surface area contributed by atoms with Gasteiger partial charge in [0, 0.05) is 30.6 Å². The van der Waals surface area contributed by atoms with Gasteiger partial charge < -0.3 is 19.8 Å². The molecule has 6 rings (SSSR count). The average Bonchev–Trinajstić information content (AvgIpc) is 3.29. The van der Waals surface area contributed by atoms with E-state index in [1.807, 2.05) is 92.4 Å². The van der Waals surface area contributed by atoms with Crippen molar-refractivity contribution in [1.82, 2.24) is 9.80 Å². The summed E-state index contributed by atoms with van der Waals surface area (Å²) in [6.07, 6.45) is 8.96. The molecule has 41 heavy (non-hydrogen) atoms. The topological polar surface area (TPSA) is 81.2 Å². The van der Waals surface area contributed by atoms with Crippen LogP contribution < -0.4 is 4.90 Å². The van der Waals surface area contributed by atoms with Crippen molar-refractivity contribution in [3.63, 3.8) is 0 Å². The molecular weight excluding hydrogens is 534 g/mol. The van der Waals surface area contributed by atoms with E-state index in [-0.39, 0.29) is 29.6 Å². The first-order chi connectivity index (χ1) is 19.8. The van der Waals surface area contributed by atoms with Crippen LogP contribution in [0.1, 0.15) is 36.1 Å². The number of likely N-dealkylation sites (tertiary alicyclic amines) is 1. The van der Waals surface area contributed by atoms with Crippen molar-refractivity contribution < 1.29 is 19.5 Å². The summed E-state index contributed by atoms with van der Waals surface area (Å²) >= 11 is 1.57. The van der Waals surface area contributed by atoms with Gasteiger partial charge in [0.1, 0.15) is 6.04 Å². The van der Waals surface area contributed by atoms with E-state index in [9.17, 15) is 19.5 Å². The minimum absolute atomic E-state index is 0.0260. The first-order valence-corrected chi connectivity index (χ1v) is 15.4. The van der Waals surface area contributed by atoms with Gasteiger partial charge in [0.15, 0.2) is 0 Å². The van der Waals surface area contributed by atoms with Gasteiger partial charge in [-0.2, -0.15) is 0 Å². The molecule has 3 amide bonds. The van der Waals surface area contributed by atoms with Crippen molar-refractivity contribution in [3.8, 4) is 0 Å². The Morgan fingerprint density at radius 1 is 1.00 bits per heavy atom. The van der Waals surface area contributed by atoms with Gasteiger partial charge in [-0.15, -0.1) is 11.8 Å². The molecular formula is C33H37N3O4S. The van der Waals surface area contributed by atoms with Crippen molar-refractivity contribution >= 4 is 35.2 Å². The summed E-state index contributed by atoms with van der Waals surface area (Å²) in [6, 6.07) is 13.9. The number of carbonyl (C=O) groups excluding carboxylic acids is 3. The number of rotatable bonds is 6. The van der Waals surface area contributed by atoms with E-state index < -0.39 is 28.7 Å². The van der Waals surface area contributed by atoms with Gasteiger partial charge in [0.05, 0.1) is 29.2 Å². The van der Waals surface area contributed by atoms with Gasteiger partial charge in [-0.1, -0.05) is 73.7 Å². The maximum absolute atomic E-state index is 14.8. The monoisotopic (exact) mass is 571 g/mol. The third kappa shape index (κ3) is 4.34. The highest BCUT2D eigenvalue weighted by Crippen LogP contribution is 2.62. The van der Waals surface area contributed by atoms with Crippen molar-refractivity contribution in [2.24, 2.45) is 11.8 Å². The number of fused-ring (bicyclic) bond motifs is 2. The van der Waals surface area contributed by atoms with E-state index in [1.165, 1.54) is 0 Å². The largest absolute Gasteiger partial charge is 0.394 e. The van der Waals surface area contributed by atoms with Gasteiger partial charge >= 0.3 is 0 Å². The maximum Gasteiger partial charge on any atom is 0.251 e. The molecule has 2 aromatic rings. The van der Waals surface area contributed by atoms with Crippen LogP contribution >= 0.6 is 11.8 Å². The number of hydrogen-bond donors (Lipinski definition) is 1. The molecule has 4 aliphatic rings. The second-order valence-corrected chi connectivity index (χ2v) is 13.0. The number of benzene rings is 2. The Labute approximate surface area is 245 Å². The molecule has 0 aromatic heterocycles. The lowest BCUT2D eigenvalue weighted by Gasteiger charge is -2.39. The second-order valence-electron chi connectivity index (χ2n) is 11.6. The second kappa shape index (κ2) is 10.8. The molecule has 2 saturated heterocycles. The van der Waals surface area contributed by atoms with Gasteiger partial charge in [-0.3, -0.25) is 14.4 Å². The van der Waals surface area contributed by atoms with Crippen molar-refractivity contribution in [2.75, 3.05) is 31.1 Å². The Morgan fingerprint density at radius 3 is 2.51 bits per heavy atom. The average molecular weight is 572 g/mol. The van der Waals surface area contributed by atoms with Crippen molar-refractivity contribution in [1.29, 1.82) is 0 Å². The zero-order chi connectivity index (χ0) is 28.9. The molecule has 2 fully saturated rings. The number of carbonyl (C=O) groups is 3. The first kappa shape index (κ1) is 27.8. The molecule has 0 aliphatic carbocycles. The number of aliphatic hydroxyl groups is 1. The molecule has 4 heterocycles. The highest BCUT2D eigenvalue weighted by Gasteiger charge is 2.72. The fourth-order valence-electron chi connectivity index (χ4n) is 7.19. The lowest BCUT2D eigenvalue weighted by Crippen LogP contribution is -2.54. The van der Waals surface area contributed by atoms with Crippen LogP contribution in [0.4, 0.5) is 5.69 Å². The maximum atomic E-state index is 14.8. The van der Waals surface area contributed by atoms with Gasteiger partial charge in [0.2, 0.25) is 11.8 Å². The smallest absolute Gasteiger partial charge is 0.251 e. The number of aliphatic hydroxyl groups excluding tert-OH is 1. The highest BCUT2D eigenvalue weighted by atomic mass is 32.2. The minimum Gasteiger partial charge on any atom is -0.394 e. The summed E-state index contributed by atoms with van der Waals surface area (Å²) in [6.45, 7) is 7.22. The fourth-order valence-corrected chi connectivity index (χ4v) is 9.18. The summed E-state index contributed by atoms with van der Waals surface area (Å²) in [5, 5.41) is 10.5. The summed E-state index contributed by atoms with van der Waals surface area (Å²) in [7, 11) is 0. The number of nitrogens with zero attached hydrogens (tertiary/aromatic N) is 3. The Bertz CT molecular complexity index is 1420. The number of hydrogen-bond acceptors (Lipinski definition) is 5. The molecule has 1 N–H and O–H groups in total. The summed E-state index contributed by atoms with van der Waals surface area (Å²) in [5.41, 5.74) is 3.59. The van der Waals surface area contributed by atoms with Crippen molar-refractivity contribution in [3.05, 3.63) is 89.5 Å². The summed E-state index contributed by atoms with van der Waals surface area (Å²) < 4.78 is -0.937. The van der Waals surface area contributed by atoms with Crippen LogP contribution in [-0.2, 0) is 14.4 Å². The van der Waals surface area contributed by atoms with Gasteiger partial charge in [0.25, 0.3) is 5.91 Å². The SMILES string of the molecule is CCCN1CC=C[C@@H]2S[C@]34C=CCN(c5cc(C)ccc5C)C(=O)C3N([C@H](CO)c3ccccc3)C(=O)[C@@H]4[C@@H]2C1=O. The highest BCUT2D eigenvalue weighted by molar-refractivity contribution is 8.02. The normalized spacial score (nSPS) is 29.8. The molecule has 214 valence electrons. The Morgan fingerprint density at radius 2 is 1.78 bits per heavy atom. The van der Waals surface area contributed by atoms with E-state index in [2.05, 4.69) is 6.08 Å². The van der Waals surface area contributed by atoms with Crippen LogP contribution in [0.25, 0.3) is 0 Å². The van der Waals surface area contributed by atoms with Crippen LogP contribution in [0.15, 0.2) is 72.8 Å². The first-order valence-electron chi connectivity index (χ1n) is 14.5. The number of anilines is 1. The number of amides is 3. The molecule has 1 spiro atoms. The molecule has 4 aliphatic heterocycles. The molecule has 8 heteroatoms. The van der Waals surface area contributed by atoms with Crippen LogP contribution in [0.2, 0.25) is 0 Å². The van der Waals surface area contributed by atoms with E-state index in [0.717, 1.165) is 28.8 Å². The third-order valence-corrected chi connectivity index (χ3v) is 10.8. The Hall–Kier alpha value is -3.36. The summed E-state index contributed by atoms with van der Waals surface area (Å²) in [4.78, 5) is 48.9. The molecule has 6 atom stereocenters. The van der Waals surface area contributed by atoms with Gasteiger partial charge in [-0.05, 0) is 43.0 Å². The quantitative estimate of drug-likeness (QED) is 0.530. The van der Waals surface area contributed by atoms with E-state index in [1.54, 1.807) is 21.6 Å². The van der Waals surface area contributed by atoms with Crippen LogP contribution in [0.5, 0.6) is 0 Å². The van der Waals surface area contributed by atoms with Crippen molar-refractivity contribution in [2.45, 2.75) is 49.3 Å². The minimum atomic E-state index is -0.937. The van der Waals surface area contributed by atoms with Crippen LogP contribution in [0, 0.1) is 25.7 Å². The lowest BCUT2D eigenvalue weighted by molar-refractivity contribution is -0.144. The predicted molar refractivity (Wildman–Crippen MR) is 161 cm³/mol. The molecule has 0 radical (unpaired) electrons. The van der Waals surface area contributed by atoms with E-state index in [4.69, 9.17) is 0 Å². The molecule has 1 unspecified atom stereocenters. The zero-order valence-corrected chi connectivity index (χ0v) is 24.6. The number of thioether (sulfide) groups is 1.